The fraction of sp³-hybridized carbons (Fsp3) is 0. The summed E-state index contributed by atoms with van der Waals surface area (Å²) in [5.74, 6) is -0.804. The Hall–Kier alpha value is -1.40. The number of hydrogen-bond donors (Lipinski definition) is 1. The maximum Gasteiger partial charge on any atom is 0.248 e. The van der Waals surface area contributed by atoms with Crippen molar-refractivity contribution in [1.29, 1.82) is 0 Å². The van der Waals surface area contributed by atoms with Gasteiger partial charge in [-0.3, -0.25) is 4.79 Å². The smallest absolute Gasteiger partial charge is 0.248 e. The van der Waals surface area contributed by atoms with Crippen LogP contribution in [0.25, 0.3) is 6.08 Å². The second-order valence-electron chi connectivity index (χ2n) is 3.96. The molecule has 1 N–H and O–H groups in total. The largest absolute Gasteiger partial charge is 0.323 e. The van der Waals surface area contributed by atoms with Crippen molar-refractivity contribution in [3.8, 4) is 0 Å². The van der Waals surface area contributed by atoms with Crippen LogP contribution in [-0.2, 0) is 4.79 Å². The minimum Gasteiger partial charge on any atom is -0.323 e. The first-order chi connectivity index (χ1) is 9.56. The van der Waals surface area contributed by atoms with Gasteiger partial charge in [-0.2, -0.15) is 0 Å². The van der Waals surface area contributed by atoms with Crippen molar-refractivity contribution in [2.75, 3.05) is 5.32 Å². The maximum atomic E-state index is 13.5. The minimum atomic E-state index is -0.462. The molecule has 0 fully saturated rings. The molecule has 2 nitrogen and oxygen atoms in total. The van der Waals surface area contributed by atoms with Crippen molar-refractivity contribution in [1.82, 2.24) is 0 Å². The zero-order valence-corrected chi connectivity index (χ0v) is 13.2. The first-order valence-electron chi connectivity index (χ1n) is 5.75. The zero-order valence-electron chi connectivity index (χ0n) is 10.2. The summed E-state index contributed by atoms with van der Waals surface area (Å²) in [6.45, 7) is 0. The molecular weight excluding hydrogens is 392 g/mol. The molecule has 5 heteroatoms. The fourth-order valence-electron chi connectivity index (χ4n) is 1.55. The topological polar surface area (TPSA) is 29.1 Å². The van der Waals surface area contributed by atoms with Crippen LogP contribution in [0.15, 0.2) is 48.5 Å². The summed E-state index contributed by atoms with van der Waals surface area (Å²) in [6, 6.07) is 11.7. The molecule has 0 aromatic heterocycles. The normalized spacial score (nSPS) is 10.8. The Kier molecular flexibility index (Phi) is 5.14. The van der Waals surface area contributed by atoms with Crippen LogP contribution in [0.1, 0.15) is 5.56 Å². The van der Waals surface area contributed by atoms with Gasteiger partial charge in [0, 0.05) is 20.9 Å². The molecule has 0 aliphatic carbocycles. The lowest BCUT2D eigenvalue weighted by Gasteiger charge is -2.02. The molecule has 2 rings (SSSR count). The fourth-order valence-corrected chi connectivity index (χ4v) is 2.13. The summed E-state index contributed by atoms with van der Waals surface area (Å²) in [5, 5.41) is 2.95. The predicted molar refractivity (Wildman–Crippen MR) is 88.2 cm³/mol. The van der Waals surface area contributed by atoms with Crippen molar-refractivity contribution in [2.24, 2.45) is 0 Å². The van der Waals surface area contributed by atoms with E-state index in [2.05, 4.69) is 27.9 Å². The van der Waals surface area contributed by atoms with E-state index in [9.17, 15) is 9.18 Å². The Morgan fingerprint density at radius 3 is 2.55 bits per heavy atom. The molecule has 1 amide bonds. The Balaban J connectivity index is 2.08. The number of carbonyl (C=O) groups excluding carboxylic acids is 1. The molecule has 2 aromatic carbocycles. The highest BCUT2D eigenvalue weighted by molar-refractivity contribution is 14.1. The molecule has 0 saturated carbocycles. The van der Waals surface area contributed by atoms with E-state index >= 15 is 0 Å². The summed E-state index contributed by atoms with van der Waals surface area (Å²) >= 11 is 8.05. The highest BCUT2D eigenvalue weighted by Crippen LogP contribution is 2.20. The van der Waals surface area contributed by atoms with Crippen molar-refractivity contribution < 1.29 is 9.18 Å². The van der Waals surface area contributed by atoms with Gasteiger partial charge in [-0.1, -0.05) is 17.7 Å². The number of nitrogens with one attached hydrogen (secondary N) is 1. The number of benzene rings is 2. The Morgan fingerprint density at radius 1 is 1.20 bits per heavy atom. The first-order valence-corrected chi connectivity index (χ1v) is 7.20. The van der Waals surface area contributed by atoms with Gasteiger partial charge in [0.1, 0.15) is 5.82 Å². The van der Waals surface area contributed by atoms with E-state index in [0.717, 1.165) is 3.57 Å². The lowest BCUT2D eigenvalue weighted by molar-refractivity contribution is -0.111. The van der Waals surface area contributed by atoms with Gasteiger partial charge >= 0.3 is 0 Å². The number of amides is 1. The highest BCUT2D eigenvalue weighted by Gasteiger charge is 2.04. The maximum absolute atomic E-state index is 13.5. The zero-order chi connectivity index (χ0) is 14.5. The Morgan fingerprint density at radius 2 is 1.90 bits per heavy atom. The van der Waals surface area contributed by atoms with Gasteiger partial charge in [0.15, 0.2) is 0 Å². The highest BCUT2D eigenvalue weighted by atomic mass is 127. The molecule has 0 bridgehead atoms. The lowest BCUT2D eigenvalue weighted by atomic mass is 10.2. The average molecular weight is 402 g/mol. The van der Waals surface area contributed by atoms with E-state index in [1.54, 1.807) is 18.2 Å². The summed E-state index contributed by atoms with van der Waals surface area (Å²) in [4.78, 5) is 11.7. The van der Waals surface area contributed by atoms with E-state index in [-0.39, 0.29) is 16.5 Å². The number of rotatable bonds is 3. The standard InChI is InChI=1S/C15H10ClFINO/c16-13-2-1-3-14(17)12(13)8-9-15(20)19-11-6-4-10(18)5-7-11/h1-9H,(H,19,20)/b9-8+. The van der Waals surface area contributed by atoms with Gasteiger partial charge in [-0.15, -0.1) is 0 Å². The molecule has 0 aliphatic rings. The lowest BCUT2D eigenvalue weighted by Crippen LogP contribution is -2.07. The first kappa shape index (κ1) is 15.0. The van der Waals surface area contributed by atoms with Crippen LogP contribution in [0.2, 0.25) is 5.02 Å². The van der Waals surface area contributed by atoms with Gasteiger partial charge in [0.25, 0.3) is 0 Å². The van der Waals surface area contributed by atoms with E-state index in [1.807, 2.05) is 12.1 Å². The molecule has 2 aromatic rings. The van der Waals surface area contributed by atoms with Crippen LogP contribution in [0.5, 0.6) is 0 Å². The molecule has 102 valence electrons. The van der Waals surface area contributed by atoms with Crippen LogP contribution >= 0.6 is 34.2 Å². The van der Waals surface area contributed by atoms with E-state index in [4.69, 9.17) is 11.6 Å². The van der Waals surface area contributed by atoms with Crippen LogP contribution in [0.3, 0.4) is 0 Å². The molecule has 0 unspecified atom stereocenters. The predicted octanol–water partition coefficient (Wildman–Crippen LogP) is 4.74. The third-order valence-corrected chi connectivity index (χ3v) is 3.56. The average Bonchev–Trinajstić information content (AvgIpc) is 2.41. The number of halogens is 3. The molecule has 20 heavy (non-hydrogen) atoms. The second-order valence-corrected chi connectivity index (χ2v) is 5.62. The molecule has 0 saturated heterocycles. The summed E-state index contributed by atoms with van der Waals surface area (Å²) in [5.41, 5.74) is 0.881. The van der Waals surface area contributed by atoms with E-state index in [0.29, 0.717) is 5.69 Å². The molecule has 0 radical (unpaired) electrons. The third kappa shape index (κ3) is 4.05. The quantitative estimate of drug-likeness (QED) is 0.584. The second kappa shape index (κ2) is 6.85. The molecular formula is C15H10ClFINO. The Labute approximate surface area is 134 Å². The van der Waals surface area contributed by atoms with Crippen LogP contribution in [0.4, 0.5) is 10.1 Å². The monoisotopic (exact) mass is 401 g/mol. The van der Waals surface area contributed by atoms with Gasteiger partial charge in [0.2, 0.25) is 5.91 Å². The minimum absolute atomic E-state index is 0.201. The van der Waals surface area contributed by atoms with Crippen molar-refractivity contribution in [3.05, 3.63) is 68.5 Å². The van der Waals surface area contributed by atoms with Gasteiger partial charge in [-0.25, -0.2) is 4.39 Å². The summed E-state index contributed by atoms with van der Waals surface area (Å²) in [7, 11) is 0. The van der Waals surface area contributed by atoms with E-state index < -0.39 is 5.82 Å². The van der Waals surface area contributed by atoms with E-state index in [1.165, 1.54) is 24.3 Å². The van der Waals surface area contributed by atoms with Crippen molar-refractivity contribution in [3.63, 3.8) is 0 Å². The molecule has 0 spiro atoms. The SMILES string of the molecule is O=C(/C=C/c1c(F)cccc1Cl)Nc1ccc(I)cc1. The van der Waals surface area contributed by atoms with Crippen LogP contribution in [0, 0.1) is 9.39 Å². The number of anilines is 1. The van der Waals surface area contributed by atoms with Crippen molar-refractivity contribution >= 4 is 51.9 Å². The summed E-state index contributed by atoms with van der Waals surface area (Å²) in [6.07, 6.45) is 2.61. The number of carbonyl (C=O) groups is 1. The van der Waals surface area contributed by atoms with Gasteiger partial charge in [0.05, 0.1) is 5.02 Å². The Bertz CT molecular complexity index is 635. The molecule has 0 heterocycles. The third-order valence-electron chi connectivity index (χ3n) is 2.51. The van der Waals surface area contributed by atoms with Gasteiger partial charge in [-0.05, 0) is 65.1 Å². The van der Waals surface area contributed by atoms with Crippen molar-refractivity contribution in [2.45, 2.75) is 0 Å². The number of hydrogen-bond acceptors (Lipinski definition) is 1. The molecule has 0 aliphatic heterocycles. The summed E-state index contributed by atoms with van der Waals surface area (Å²) < 4.78 is 14.6. The van der Waals surface area contributed by atoms with Crippen LogP contribution < -0.4 is 5.32 Å². The van der Waals surface area contributed by atoms with Crippen LogP contribution in [-0.4, -0.2) is 5.91 Å². The van der Waals surface area contributed by atoms with Gasteiger partial charge < -0.3 is 5.32 Å². The molecule has 0 atom stereocenters.